The van der Waals surface area contributed by atoms with Gasteiger partial charge >= 0.3 is 0 Å². The first-order valence-electron chi connectivity index (χ1n) is 6.30. The maximum absolute atomic E-state index is 12.1. The Bertz CT molecular complexity index is 672. The van der Waals surface area contributed by atoms with Gasteiger partial charge in [0.2, 0.25) is 11.8 Å². The van der Waals surface area contributed by atoms with Crippen molar-refractivity contribution in [3.63, 3.8) is 0 Å². The van der Waals surface area contributed by atoms with E-state index in [4.69, 9.17) is 0 Å². The van der Waals surface area contributed by atoms with E-state index in [1.807, 2.05) is 25.1 Å². The van der Waals surface area contributed by atoms with Gasteiger partial charge in [0.15, 0.2) is 0 Å². The van der Waals surface area contributed by atoms with Gasteiger partial charge in [-0.15, -0.1) is 11.3 Å². The maximum Gasteiger partial charge on any atom is 0.243 e. The summed E-state index contributed by atoms with van der Waals surface area (Å²) in [6.45, 7) is 2.44. The predicted molar refractivity (Wildman–Crippen MR) is 77.8 cm³/mol. The van der Waals surface area contributed by atoms with Crippen molar-refractivity contribution in [3.05, 3.63) is 23.2 Å². The van der Waals surface area contributed by atoms with Crippen LogP contribution in [-0.4, -0.2) is 35.9 Å². The average Bonchev–Trinajstić information content (AvgIpc) is 2.78. The molecule has 0 spiro atoms. The topological polar surface area (TPSA) is 83.1 Å². The number of hydrogen-bond donors (Lipinski definition) is 3. The van der Waals surface area contributed by atoms with Crippen molar-refractivity contribution in [1.82, 2.24) is 15.6 Å². The van der Waals surface area contributed by atoms with Gasteiger partial charge in [-0.1, -0.05) is 0 Å². The third-order valence-electron chi connectivity index (χ3n) is 3.09. The molecular weight excluding hydrogens is 276 g/mol. The predicted octanol–water partition coefficient (Wildman–Crippen LogP) is 0.631. The van der Waals surface area contributed by atoms with Crippen LogP contribution in [0.4, 0.5) is 5.69 Å². The van der Waals surface area contributed by atoms with Gasteiger partial charge < -0.3 is 10.6 Å². The lowest BCUT2D eigenvalue weighted by atomic mass is 10.2. The molecule has 6 nitrogen and oxygen atoms in total. The summed E-state index contributed by atoms with van der Waals surface area (Å²) < 4.78 is 1.05. The molecule has 3 N–H and O–H groups in total. The minimum atomic E-state index is -0.397. The van der Waals surface area contributed by atoms with E-state index in [-0.39, 0.29) is 18.4 Å². The van der Waals surface area contributed by atoms with Crippen molar-refractivity contribution >= 4 is 39.1 Å². The third kappa shape index (κ3) is 2.63. The lowest BCUT2D eigenvalue weighted by molar-refractivity contribution is -0.124. The van der Waals surface area contributed by atoms with Crippen molar-refractivity contribution in [3.8, 4) is 0 Å². The fourth-order valence-electron chi connectivity index (χ4n) is 2.10. The summed E-state index contributed by atoms with van der Waals surface area (Å²) in [5.41, 5.74) is 1.68. The number of fused-ring (bicyclic) bond motifs is 1. The van der Waals surface area contributed by atoms with Crippen LogP contribution in [0.5, 0.6) is 0 Å². The number of hydrogen-bond acceptors (Lipinski definition) is 5. The second-order valence-corrected chi connectivity index (χ2v) is 5.88. The van der Waals surface area contributed by atoms with Crippen LogP contribution in [-0.2, 0) is 9.59 Å². The molecule has 104 valence electrons. The molecule has 2 amide bonds. The molecule has 1 unspecified atom stereocenters. The van der Waals surface area contributed by atoms with E-state index in [0.29, 0.717) is 6.54 Å². The van der Waals surface area contributed by atoms with E-state index in [0.717, 1.165) is 20.9 Å². The molecule has 0 saturated carbocycles. The monoisotopic (exact) mass is 290 g/mol. The fourth-order valence-corrected chi connectivity index (χ4v) is 2.97. The van der Waals surface area contributed by atoms with E-state index in [2.05, 4.69) is 20.9 Å². The molecule has 0 radical (unpaired) electrons. The van der Waals surface area contributed by atoms with E-state index >= 15 is 0 Å². The minimum Gasteiger partial charge on any atom is -0.353 e. The van der Waals surface area contributed by atoms with E-state index in [1.54, 1.807) is 11.3 Å². The Morgan fingerprint density at radius 2 is 2.35 bits per heavy atom. The van der Waals surface area contributed by atoms with E-state index < -0.39 is 6.04 Å². The third-order valence-corrected chi connectivity index (χ3v) is 4.03. The molecule has 1 saturated heterocycles. The summed E-state index contributed by atoms with van der Waals surface area (Å²) in [5.74, 6) is -0.235. The molecule has 1 fully saturated rings. The zero-order valence-corrected chi connectivity index (χ0v) is 11.7. The summed E-state index contributed by atoms with van der Waals surface area (Å²) in [6, 6.07) is 5.25. The highest BCUT2D eigenvalue weighted by Crippen LogP contribution is 2.24. The SMILES string of the molecule is Cc1nc2ccc(NC(=O)C3CNC(=O)CN3)cc2s1. The summed E-state index contributed by atoms with van der Waals surface area (Å²) in [7, 11) is 0. The van der Waals surface area contributed by atoms with Crippen molar-refractivity contribution in [2.75, 3.05) is 18.4 Å². The van der Waals surface area contributed by atoms with Crippen LogP contribution in [0.25, 0.3) is 10.2 Å². The van der Waals surface area contributed by atoms with Crippen molar-refractivity contribution < 1.29 is 9.59 Å². The van der Waals surface area contributed by atoms with Gasteiger partial charge in [0, 0.05) is 12.2 Å². The summed E-state index contributed by atoms with van der Waals surface area (Å²) >= 11 is 1.59. The fraction of sp³-hybridized carbons (Fsp3) is 0.308. The van der Waals surface area contributed by atoms with Crippen molar-refractivity contribution in [2.24, 2.45) is 0 Å². The summed E-state index contributed by atoms with van der Waals surface area (Å²) in [4.78, 5) is 27.5. The quantitative estimate of drug-likeness (QED) is 0.757. The first kappa shape index (κ1) is 13.0. The summed E-state index contributed by atoms with van der Waals surface area (Å²) in [5, 5.41) is 9.41. The van der Waals surface area contributed by atoms with Crippen LogP contribution in [0.3, 0.4) is 0 Å². The first-order chi connectivity index (χ1) is 9.61. The Morgan fingerprint density at radius 1 is 1.50 bits per heavy atom. The molecule has 1 aliphatic rings. The van der Waals surface area contributed by atoms with Crippen LogP contribution >= 0.6 is 11.3 Å². The lowest BCUT2D eigenvalue weighted by Crippen LogP contribution is -2.56. The van der Waals surface area contributed by atoms with Crippen molar-refractivity contribution in [2.45, 2.75) is 13.0 Å². The molecule has 1 aromatic heterocycles. The highest BCUT2D eigenvalue weighted by molar-refractivity contribution is 7.18. The number of carbonyl (C=O) groups excluding carboxylic acids is 2. The number of nitrogens with zero attached hydrogens (tertiary/aromatic N) is 1. The molecule has 2 heterocycles. The minimum absolute atomic E-state index is 0.0874. The Kier molecular flexibility index (Phi) is 3.37. The number of carbonyl (C=O) groups is 2. The summed E-state index contributed by atoms with van der Waals surface area (Å²) in [6.07, 6.45) is 0. The van der Waals surface area contributed by atoms with Gasteiger partial charge in [-0.25, -0.2) is 4.98 Å². The number of thiazole rings is 1. The second-order valence-electron chi connectivity index (χ2n) is 4.64. The number of aromatic nitrogens is 1. The molecule has 3 rings (SSSR count). The Labute approximate surface area is 119 Å². The molecule has 20 heavy (non-hydrogen) atoms. The largest absolute Gasteiger partial charge is 0.353 e. The van der Waals surface area contributed by atoms with E-state index in [1.165, 1.54) is 0 Å². The number of aryl methyl sites for hydroxylation is 1. The molecule has 1 aliphatic heterocycles. The number of nitrogens with one attached hydrogen (secondary N) is 3. The van der Waals surface area contributed by atoms with E-state index in [9.17, 15) is 9.59 Å². The standard InChI is InChI=1S/C13H14N4O2S/c1-7-16-9-3-2-8(4-11(9)20-7)17-13(19)10-5-15-12(18)6-14-10/h2-4,10,14H,5-6H2,1H3,(H,15,18)(H,17,19). The number of rotatable bonds is 2. The molecule has 0 aliphatic carbocycles. The van der Waals surface area contributed by atoms with Gasteiger partial charge in [-0.05, 0) is 25.1 Å². The van der Waals surface area contributed by atoms with Crippen LogP contribution in [0.2, 0.25) is 0 Å². The highest BCUT2D eigenvalue weighted by atomic mass is 32.1. The van der Waals surface area contributed by atoms with Crippen LogP contribution in [0.1, 0.15) is 5.01 Å². The zero-order chi connectivity index (χ0) is 14.1. The Balaban J connectivity index is 1.72. The van der Waals surface area contributed by atoms with Gasteiger partial charge in [0.1, 0.15) is 6.04 Å². The number of benzene rings is 1. The number of anilines is 1. The van der Waals surface area contributed by atoms with Gasteiger partial charge in [0.05, 0.1) is 21.8 Å². The highest BCUT2D eigenvalue weighted by Gasteiger charge is 2.23. The average molecular weight is 290 g/mol. The molecule has 1 atom stereocenters. The lowest BCUT2D eigenvalue weighted by Gasteiger charge is -2.23. The van der Waals surface area contributed by atoms with Gasteiger partial charge in [-0.2, -0.15) is 0 Å². The normalized spacial score (nSPS) is 18.9. The number of piperazine rings is 1. The van der Waals surface area contributed by atoms with Gasteiger partial charge in [-0.3, -0.25) is 14.9 Å². The van der Waals surface area contributed by atoms with Crippen LogP contribution in [0, 0.1) is 6.92 Å². The second kappa shape index (κ2) is 5.18. The van der Waals surface area contributed by atoms with Crippen molar-refractivity contribution in [1.29, 1.82) is 0 Å². The van der Waals surface area contributed by atoms with Crippen LogP contribution < -0.4 is 16.0 Å². The Morgan fingerprint density at radius 3 is 3.10 bits per heavy atom. The maximum atomic E-state index is 12.1. The molecular formula is C13H14N4O2S. The molecule has 2 aromatic rings. The molecule has 7 heteroatoms. The molecule has 1 aromatic carbocycles. The van der Waals surface area contributed by atoms with Crippen LogP contribution in [0.15, 0.2) is 18.2 Å². The Hall–Kier alpha value is -1.99. The first-order valence-corrected chi connectivity index (χ1v) is 7.11. The molecule has 0 bridgehead atoms. The smallest absolute Gasteiger partial charge is 0.243 e. The number of amides is 2. The van der Waals surface area contributed by atoms with Gasteiger partial charge in [0.25, 0.3) is 0 Å². The zero-order valence-electron chi connectivity index (χ0n) is 10.9.